The normalized spacial score (nSPS) is 14.8. The van der Waals surface area contributed by atoms with Crippen molar-refractivity contribution >= 4 is 27.7 Å². The molecule has 0 spiro atoms. The molecule has 16 heavy (non-hydrogen) atoms. The lowest BCUT2D eigenvalue weighted by Gasteiger charge is -2.20. The fourth-order valence-electron chi connectivity index (χ4n) is 1.60. The maximum atomic E-state index is 13.1. The minimum atomic E-state index is -0.215. The predicted octanol–water partition coefficient (Wildman–Crippen LogP) is 3.99. The van der Waals surface area contributed by atoms with Crippen molar-refractivity contribution in [1.82, 2.24) is 5.32 Å². The van der Waals surface area contributed by atoms with Crippen molar-refractivity contribution in [3.05, 3.63) is 34.1 Å². The highest BCUT2D eigenvalue weighted by Crippen LogP contribution is 2.21. The summed E-state index contributed by atoms with van der Waals surface area (Å²) in [7, 11) is 0. The topological polar surface area (TPSA) is 12.0 Å². The third-order valence-corrected chi connectivity index (χ3v) is 3.84. The summed E-state index contributed by atoms with van der Waals surface area (Å²) in [5, 5.41) is 3.48. The second-order valence-electron chi connectivity index (χ2n) is 3.92. The quantitative estimate of drug-likeness (QED) is 0.883. The molecule has 0 fully saturated rings. The first kappa shape index (κ1) is 14.0. The highest BCUT2D eigenvalue weighted by molar-refractivity contribution is 9.10. The van der Waals surface area contributed by atoms with Crippen molar-refractivity contribution in [3.8, 4) is 0 Å². The van der Waals surface area contributed by atoms with E-state index in [4.69, 9.17) is 0 Å². The molecule has 0 saturated heterocycles. The molecule has 1 nitrogen and oxygen atoms in total. The van der Waals surface area contributed by atoms with Crippen LogP contribution >= 0.6 is 27.7 Å². The molecular formula is C12H17BrFNS. The molecule has 0 saturated carbocycles. The first-order valence-corrected chi connectivity index (χ1v) is 7.43. The highest BCUT2D eigenvalue weighted by atomic mass is 79.9. The molecule has 4 heteroatoms. The Morgan fingerprint density at radius 2 is 2.12 bits per heavy atom. The van der Waals surface area contributed by atoms with Crippen molar-refractivity contribution in [2.45, 2.75) is 25.9 Å². The van der Waals surface area contributed by atoms with Crippen molar-refractivity contribution in [2.75, 3.05) is 12.0 Å². The largest absolute Gasteiger partial charge is 0.307 e. The average molecular weight is 306 g/mol. The number of hydrogen-bond acceptors (Lipinski definition) is 2. The van der Waals surface area contributed by atoms with Crippen LogP contribution in [-0.2, 0) is 0 Å². The summed E-state index contributed by atoms with van der Waals surface area (Å²) in [5.41, 5.74) is 1.10. The Balaban J connectivity index is 2.65. The Labute approximate surface area is 109 Å². The van der Waals surface area contributed by atoms with E-state index < -0.39 is 0 Å². The van der Waals surface area contributed by atoms with E-state index in [2.05, 4.69) is 41.3 Å². The van der Waals surface area contributed by atoms with Gasteiger partial charge in [0.25, 0.3) is 0 Å². The van der Waals surface area contributed by atoms with Gasteiger partial charge in [-0.2, -0.15) is 11.8 Å². The van der Waals surface area contributed by atoms with Gasteiger partial charge in [-0.3, -0.25) is 0 Å². The molecule has 0 aliphatic carbocycles. The van der Waals surface area contributed by atoms with E-state index in [1.807, 2.05) is 23.9 Å². The Hall–Kier alpha value is -0.0600. The number of halogens is 2. The van der Waals surface area contributed by atoms with Gasteiger partial charge in [0.2, 0.25) is 0 Å². The Bertz CT molecular complexity index is 346. The zero-order valence-electron chi connectivity index (χ0n) is 9.76. The van der Waals surface area contributed by atoms with Gasteiger partial charge in [-0.15, -0.1) is 0 Å². The fourth-order valence-corrected chi connectivity index (χ4v) is 2.60. The van der Waals surface area contributed by atoms with Crippen molar-refractivity contribution in [1.29, 1.82) is 0 Å². The van der Waals surface area contributed by atoms with Gasteiger partial charge in [0, 0.05) is 17.8 Å². The first-order valence-electron chi connectivity index (χ1n) is 5.24. The second-order valence-corrected chi connectivity index (χ2v) is 5.68. The van der Waals surface area contributed by atoms with Gasteiger partial charge in [0.1, 0.15) is 5.82 Å². The van der Waals surface area contributed by atoms with Crippen LogP contribution in [0.3, 0.4) is 0 Å². The van der Waals surface area contributed by atoms with Gasteiger partial charge in [-0.25, -0.2) is 4.39 Å². The lowest BCUT2D eigenvalue weighted by Crippen LogP contribution is -2.30. The summed E-state index contributed by atoms with van der Waals surface area (Å²) < 4.78 is 13.6. The fraction of sp³-hybridized carbons (Fsp3) is 0.500. The molecule has 0 radical (unpaired) electrons. The number of hydrogen-bond donors (Lipinski definition) is 1. The molecule has 0 aromatic heterocycles. The Morgan fingerprint density at radius 3 is 2.69 bits per heavy atom. The molecule has 0 aliphatic rings. The number of nitrogens with one attached hydrogen (secondary N) is 1. The summed E-state index contributed by atoms with van der Waals surface area (Å²) in [6.07, 6.45) is 2.09. The van der Waals surface area contributed by atoms with Gasteiger partial charge < -0.3 is 5.32 Å². The average Bonchev–Trinajstić information content (AvgIpc) is 2.22. The maximum Gasteiger partial charge on any atom is 0.137 e. The van der Waals surface area contributed by atoms with Crippen LogP contribution in [-0.4, -0.2) is 18.1 Å². The number of benzene rings is 1. The SMILES string of the molecule is CSCC(C)NC(C)c1ccc(F)c(Br)c1. The van der Waals surface area contributed by atoms with Gasteiger partial charge in [0.15, 0.2) is 0 Å². The van der Waals surface area contributed by atoms with Gasteiger partial charge >= 0.3 is 0 Å². The highest BCUT2D eigenvalue weighted by Gasteiger charge is 2.10. The molecule has 0 heterocycles. The van der Waals surface area contributed by atoms with Crippen LogP contribution in [0.5, 0.6) is 0 Å². The zero-order chi connectivity index (χ0) is 12.1. The minimum absolute atomic E-state index is 0.215. The Kier molecular flexibility index (Phi) is 5.79. The third-order valence-electron chi connectivity index (χ3n) is 2.39. The van der Waals surface area contributed by atoms with Crippen molar-refractivity contribution in [3.63, 3.8) is 0 Å². The summed E-state index contributed by atoms with van der Waals surface area (Å²) in [4.78, 5) is 0. The molecule has 0 aliphatic heterocycles. The van der Waals surface area contributed by atoms with Crippen molar-refractivity contribution < 1.29 is 4.39 Å². The van der Waals surface area contributed by atoms with Crippen molar-refractivity contribution in [2.24, 2.45) is 0 Å². The van der Waals surface area contributed by atoms with Gasteiger partial charge in [0.05, 0.1) is 4.47 Å². The van der Waals surface area contributed by atoms with Gasteiger partial charge in [-0.05, 0) is 53.7 Å². The van der Waals surface area contributed by atoms with Crippen LogP contribution in [0.25, 0.3) is 0 Å². The molecule has 0 bridgehead atoms. The monoisotopic (exact) mass is 305 g/mol. The predicted molar refractivity (Wildman–Crippen MR) is 73.5 cm³/mol. The van der Waals surface area contributed by atoms with E-state index in [1.165, 1.54) is 6.07 Å². The molecule has 0 amide bonds. The lowest BCUT2D eigenvalue weighted by molar-refractivity contribution is 0.510. The molecule has 90 valence electrons. The van der Waals surface area contributed by atoms with Crippen LogP contribution in [0.2, 0.25) is 0 Å². The molecule has 1 aromatic rings. The van der Waals surface area contributed by atoms with E-state index in [1.54, 1.807) is 0 Å². The van der Waals surface area contributed by atoms with E-state index in [9.17, 15) is 4.39 Å². The standard InChI is InChI=1S/C12H17BrFNS/c1-8(7-16-3)15-9(2)10-4-5-12(14)11(13)6-10/h4-6,8-9,15H,7H2,1-3H3. The van der Waals surface area contributed by atoms with E-state index in [-0.39, 0.29) is 11.9 Å². The summed E-state index contributed by atoms with van der Waals surface area (Å²) >= 11 is 5.03. The zero-order valence-corrected chi connectivity index (χ0v) is 12.2. The summed E-state index contributed by atoms with van der Waals surface area (Å²) in [6.45, 7) is 4.25. The molecule has 2 unspecified atom stereocenters. The number of rotatable bonds is 5. The first-order chi connectivity index (χ1) is 7.54. The molecule has 1 N–H and O–H groups in total. The molecule has 2 atom stereocenters. The van der Waals surface area contributed by atoms with Crippen LogP contribution < -0.4 is 5.32 Å². The maximum absolute atomic E-state index is 13.1. The van der Waals surface area contributed by atoms with Crippen LogP contribution in [0.1, 0.15) is 25.5 Å². The van der Waals surface area contributed by atoms with Crippen LogP contribution in [0.4, 0.5) is 4.39 Å². The summed E-state index contributed by atoms with van der Waals surface area (Å²) in [5.74, 6) is 0.861. The Morgan fingerprint density at radius 1 is 1.44 bits per heavy atom. The lowest BCUT2D eigenvalue weighted by atomic mass is 10.1. The van der Waals surface area contributed by atoms with Crippen LogP contribution in [0.15, 0.2) is 22.7 Å². The van der Waals surface area contributed by atoms with E-state index in [0.29, 0.717) is 10.5 Å². The van der Waals surface area contributed by atoms with Crippen LogP contribution in [0, 0.1) is 5.82 Å². The molecular weight excluding hydrogens is 289 g/mol. The van der Waals surface area contributed by atoms with E-state index in [0.717, 1.165) is 11.3 Å². The number of thioether (sulfide) groups is 1. The molecule has 1 aromatic carbocycles. The summed E-state index contributed by atoms with van der Waals surface area (Å²) in [6, 6.07) is 5.84. The molecule has 1 rings (SSSR count). The van der Waals surface area contributed by atoms with Gasteiger partial charge in [-0.1, -0.05) is 6.07 Å². The second kappa shape index (κ2) is 6.62. The minimum Gasteiger partial charge on any atom is -0.307 e. The smallest absolute Gasteiger partial charge is 0.137 e. The van der Waals surface area contributed by atoms with E-state index >= 15 is 0 Å². The third kappa shape index (κ3) is 4.07.